The Morgan fingerprint density at radius 2 is 1.83 bits per heavy atom. The Labute approximate surface area is 146 Å². The van der Waals surface area contributed by atoms with Gasteiger partial charge in [0.15, 0.2) is 0 Å². The smallest absolute Gasteiger partial charge is 0.220 e. The SMILES string of the molecule is O=C(CCc1ccncc1)NC1CCCN(C2CCCCCC2)C1. The Morgan fingerprint density at radius 1 is 1.08 bits per heavy atom. The molecule has 1 N–H and O–H groups in total. The summed E-state index contributed by atoms with van der Waals surface area (Å²) >= 11 is 0. The van der Waals surface area contributed by atoms with Crippen LogP contribution in [-0.2, 0) is 11.2 Å². The second kappa shape index (κ2) is 9.16. The van der Waals surface area contributed by atoms with Gasteiger partial charge in [0.2, 0.25) is 5.91 Å². The third kappa shape index (κ3) is 5.30. The molecule has 1 aliphatic carbocycles. The monoisotopic (exact) mass is 329 g/mol. The van der Waals surface area contributed by atoms with Gasteiger partial charge in [-0.1, -0.05) is 25.7 Å². The third-order valence-corrected chi connectivity index (χ3v) is 5.55. The second-order valence-corrected chi connectivity index (χ2v) is 7.40. The lowest BCUT2D eigenvalue weighted by atomic mass is 9.99. The van der Waals surface area contributed by atoms with Crippen LogP contribution in [0.5, 0.6) is 0 Å². The highest BCUT2D eigenvalue weighted by molar-refractivity contribution is 5.76. The molecule has 1 saturated heterocycles. The Hall–Kier alpha value is -1.42. The average molecular weight is 329 g/mol. The number of carbonyl (C=O) groups excluding carboxylic acids is 1. The predicted octanol–water partition coefficient (Wildman–Crippen LogP) is 3.32. The molecule has 4 heteroatoms. The number of rotatable bonds is 5. The van der Waals surface area contributed by atoms with Crippen molar-refractivity contribution in [3.05, 3.63) is 30.1 Å². The topological polar surface area (TPSA) is 45.2 Å². The quantitative estimate of drug-likeness (QED) is 0.843. The van der Waals surface area contributed by atoms with E-state index in [1.165, 1.54) is 57.1 Å². The van der Waals surface area contributed by atoms with E-state index in [1.807, 2.05) is 12.1 Å². The van der Waals surface area contributed by atoms with E-state index in [2.05, 4.69) is 15.2 Å². The van der Waals surface area contributed by atoms with E-state index in [4.69, 9.17) is 0 Å². The molecule has 2 aliphatic rings. The van der Waals surface area contributed by atoms with Crippen LogP contribution in [0.2, 0.25) is 0 Å². The van der Waals surface area contributed by atoms with E-state index in [-0.39, 0.29) is 5.91 Å². The highest BCUT2D eigenvalue weighted by atomic mass is 16.1. The first-order valence-electron chi connectivity index (χ1n) is 9.73. The third-order valence-electron chi connectivity index (χ3n) is 5.55. The maximum atomic E-state index is 12.3. The van der Waals surface area contributed by atoms with Crippen molar-refractivity contribution in [2.24, 2.45) is 0 Å². The highest BCUT2D eigenvalue weighted by Gasteiger charge is 2.27. The second-order valence-electron chi connectivity index (χ2n) is 7.40. The van der Waals surface area contributed by atoms with Crippen molar-refractivity contribution in [1.82, 2.24) is 15.2 Å². The fourth-order valence-corrected chi connectivity index (χ4v) is 4.19. The van der Waals surface area contributed by atoms with Gasteiger partial charge in [-0.25, -0.2) is 0 Å². The summed E-state index contributed by atoms with van der Waals surface area (Å²) in [5, 5.41) is 3.28. The molecule has 0 bridgehead atoms. The zero-order valence-corrected chi connectivity index (χ0v) is 14.8. The van der Waals surface area contributed by atoms with E-state index < -0.39 is 0 Å². The van der Waals surface area contributed by atoms with Crippen LogP contribution in [0, 0.1) is 0 Å². The normalized spacial score (nSPS) is 23.6. The zero-order valence-electron chi connectivity index (χ0n) is 14.8. The van der Waals surface area contributed by atoms with Gasteiger partial charge in [-0.3, -0.25) is 14.7 Å². The molecule has 3 rings (SSSR count). The van der Waals surface area contributed by atoms with Crippen LogP contribution in [0.25, 0.3) is 0 Å². The number of likely N-dealkylation sites (tertiary alicyclic amines) is 1. The lowest BCUT2D eigenvalue weighted by Gasteiger charge is -2.38. The van der Waals surface area contributed by atoms with Crippen LogP contribution >= 0.6 is 0 Å². The van der Waals surface area contributed by atoms with Gasteiger partial charge < -0.3 is 5.32 Å². The Bertz CT molecular complexity index is 497. The molecular formula is C20H31N3O. The van der Waals surface area contributed by atoms with Crippen LogP contribution in [0.1, 0.15) is 63.4 Å². The highest BCUT2D eigenvalue weighted by Crippen LogP contribution is 2.24. The number of nitrogens with zero attached hydrogens (tertiary/aromatic N) is 2. The fourth-order valence-electron chi connectivity index (χ4n) is 4.19. The van der Waals surface area contributed by atoms with Crippen molar-refractivity contribution in [2.45, 2.75) is 76.3 Å². The molecule has 2 heterocycles. The molecule has 132 valence electrons. The number of pyridine rings is 1. The van der Waals surface area contributed by atoms with Crippen LogP contribution in [0.15, 0.2) is 24.5 Å². The molecule has 1 aliphatic heterocycles. The summed E-state index contributed by atoms with van der Waals surface area (Å²) in [7, 11) is 0. The summed E-state index contributed by atoms with van der Waals surface area (Å²) in [6.45, 7) is 2.26. The first kappa shape index (κ1) is 17.4. The summed E-state index contributed by atoms with van der Waals surface area (Å²) in [4.78, 5) is 19.0. The van der Waals surface area contributed by atoms with Gasteiger partial charge in [-0.15, -0.1) is 0 Å². The molecular weight excluding hydrogens is 298 g/mol. The van der Waals surface area contributed by atoms with Gasteiger partial charge in [0.1, 0.15) is 0 Å². The molecule has 1 unspecified atom stereocenters. The van der Waals surface area contributed by atoms with Crippen molar-refractivity contribution >= 4 is 5.91 Å². The molecule has 1 saturated carbocycles. The molecule has 1 aromatic rings. The standard InChI is InChI=1S/C20H31N3O/c24-20(10-9-17-11-13-21-14-12-17)22-18-6-5-15-23(16-18)19-7-3-1-2-4-8-19/h11-14,18-19H,1-10,15-16H2,(H,22,24). The number of piperidine rings is 1. The molecule has 1 atom stereocenters. The van der Waals surface area contributed by atoms with Gasteiger partial charge in [0.05, 0.1) is 0 Å². The number of hydrogen-bond donors (Lipinski definition) is 1. The largest absolute Gasteiger partial charge is 0.352 e. The van der Waals surface area contributed by atoms with Crippen molar-refractivity contribution in [3.63, 3.8) is 0 Å². The number of aromatic nitrogens is 1. The summed E-state index contributed by atoms with van der Waals surface area (Å²) in [6.07, 6.45) is 15.6. The molecule has 0 spiro atoms. The number of aryl methyl sites for hydroxylation is 1. The Kier molecular flexibility index (Phi) is 6.65. The van der Waals surface area contributed by atoms with Gasteiger partial charge in [-0.05, 0) is 56.3 Å². The maximum absolute atomic E-state index is 12.3. The Balaban J connectivity index is 1.43. The van der Waals surface area contributed by atoms with Gasteiger partial charge >= 0.3 is 0 Å². The predicted molar refractivity (Wildman–Crippen MR) is 96.8 cm³/mol. The molecule has 1 aromatic heterocycles. The van der Waals surface area contributed by atoms with E-state index in [0.717, 1.165) is 25.4 Å². The van der Waals surface area contributed by atoms with Crippen LogP contribution in [-0.4, -0.2) is 41.0 Å². The van der Waals surface area contributed by atoms with Crippen molar-refractivity contribution in [1.29, 1.82) is 0 Å². The van der Waals surface area contributed by atoms with E-state index in [9.17, 15) is 4.79 Å². The van der Waals surface area contributed by atoms with Gasteiger partial charge in [0, 0.05) is 37.4 Å². The number of amides is 1. The summed E-state index contributed by atoms with van der Waals surface area (Å²) in [5.74, 6) is 0.194. The van der Waals surface area contributed by atoms with Crippen LogP contribution in [0.3, 0.4) is 0 Å². The first-order valence-corrected chi connectivity index (χ1v) is 9.73. The molecule has 0 aromatic carbocycles. The molecule has 1 amide bonds. The van der Waals surface area contributed by atoms with E-state index >= 15 is 0 Å². The summed E-state index contributed by atoms with van der Waals surface area (Å²) < 4.78 is 0. The molecule has 24 heavy (non-hydrogen) atoms. The van der Waals surface area contributed by atoms with Crippen molar-refractivity contribution < 1.29 is 4.79 Å². The fraction of sp³-hybridized carbons (Fsp3) is 0.700. The van der Waals surface area contributed by atoms with E-state index in [0.29, 0.717) is 12.5 Å². The zero-order chi connectivity index (χ0) is 16.6. The lowest BCUT2D eigenvalue weighted by molar-refractivity contribution is -0.122. The van der Waals surface area contributed by atoms with Crippen LogP contribution < -0.4 is 5.32 Å². The molecule has 2 fully saturated rings. The lowest BCUT2D eigenvalue weighted by Crippen LogP contribution is -2.50. The van der Waals surface area contributed by atoms with Crippen molar-refractivity contribution in [2.75, 3.05) is 13.1 Å². The number of hydrogen-bond acceptors (Lipinski definition) is 3. The number of nitrogens with one attached hydrogen (secondary N) is 1. The minimum Gasteiger partial charge on any atom is -0.352 e. The molecule has 0 radical (unpaired) electrons. The maximum Gasteiger partial charge on any atom is 0.220 e. The van der Waals surface area contributed by atoms with Gasteiger partial charge in [0.25, 0.3) is 0 Å². The summed E-state index contributed by atoms with van der Waals surface area (Å²) in [5.41, 5.74) is 1.18. The minimum absolute atomic E-state index is 0.194. The average Bonchev–Trinajstić information content (AvgIpc) is 2.91. The summed E-state index contributed by atoms with van der Waals surface area (Å²) in [6, 6.07) is 5.07. The molecule has 4 nitrogen and oxygen atoms in total. The first-order chi connectivity index (χ1) is 11.8. The Morgan fingerprint density at radius 3 is 2.58 bits per heavy atom. The van der Waals surface area contributed by atoms with Gasteiger partial charge in [-0.2, -0.15) is 0 Å². The van der Waals surface area contributed by atoms with E-state index in [1.54, 1.807) is 12.4 Å². The number of carbonyl (C=O) groups is 1. The minimum atomic E-state index is 0.194. The van der Waals surface area contributed by atoms with Crippen LogP contribution in [0.4, 0.5) is 0 Å². The van der Waals surface area contributed by atoms with Crippen molar-refractivity contribution in [3.8, 4) is 0 Å².